The number of aliphatic carboxylic acids is 1. The van der Waals surface area contributed by atoms with E-state index in [1.165, 1.54) is 0 Å². The normalized spacial score (nSPS) is 11.7. The van der Waals surface area contributed by atoms with Crippen molar-refractivity contribution in [2.45, 2.75) is 26.7 Å². The highest BCUT2D eigenvalue weighted by Gasteiger charge is 1.97. The largest absolute Gasteiger partial charge is 0.478 e. The Hall–Kier alpha value is -0.870. The molecule has 0 heterocycles. The summed E-state index contributed by atoms with van der Waals surface area (Å²) >= 11 is 0. The fourth-order valence-corrected chi connectivity index (χ4v) is 0.821. The van der Waals surface area contributed by atoms with Crippen LogP contribution in [0.25, 0.3) is 0 Å². The molecule has 4 heteroatoms. The molecule has 0 aromatic heterocycles. The van der Waals surface area contributed by atoms with Crippen LogP contribution in [-0.4, -0.2) is 37.5 Å². The summed E-state index contributed by atoms with van der Waals surface area (Å²) in [6.07, 6.45) is 3.74. The minimum atomic E-state index is -0.905. The first-order valence-electron chi connectivity index (χ1n) is 5.24. The first kappa shape index (κ1) is 14.1. The Morgan fingerprint density at radius 2 is 1.93 bits per heavy atom. The minimum Gasteiger partial charge on any atom is -0.478 e. The SMILES string of the molecule is CCCCOCCOCC=C(C)C(=O)O. The van der Waals surface area contributed by atoms with Crippen LogP contribution >= 0.6 is 0 Å². The fourth-order valence-electron chi connectivity index (χ4n) is 0.821. The van der Waals surface area contributed by atoms with Crippen LogP contribution < -0.4 is 0 Å². The summed E-state index contributed by atoms with van der Waals surface area (Å²) in [4.78, 5) is 10.4. The number of carboxylic acid groups (broad SMARTS) is 1. The summed E-state index contributed by atoms with van der Waals surface area (Å²) in [7, 11) is 0. The van der Waals surface area contributed by atoms with Gasteiger partial charge in [0.25, 0.3) is 0 Å². The molecule has 4 nitrogen and oxygen atoms in total. The summed E-state index contributed by atoms with van der Waals surface area (Å²) in [6.45, 7) is 5.83. The molecule has 0 unspecified atom stereocenters. The summed E-state index contributed by atoms with van der Waals surface area (Å²) in [5.41, 5.74) is 0.307. The molecule has 0 atom stereocenters. The van der Waals surface area contributed by atoms with Crippen LogP contribution in [0.5, 0.6) is 0 Å². The molecule has 0 saturated carbocycles. The maximum Gasteiger partial charge on any atom is 0.331 e. The first-order valence-corrected chi connectivity index (χ1v) is 5.24. The molecule has 88 valence electrons. The van der Waals surface area contributed by atoms with Crippen molar-refractivity contribution in [3.63, 3.8) is 0 Å². The molecular formula is C11H20O4. The van der Waals surface area contributed by atoms with Crippen molar-refractivity contribution in [2.75, 3.05) is 26.4 Å². The number of carboxylic acids is 1. The Labute approximate surface area is 90.9 Å². The third kappa shape index (κ3) is 9.43. The van der Waals surface area contributed by atoms with E-state index in [-0.39, 0.29) is 0 Å². The molecular weight excluding hydrogens is 196 g/mol. The van der Waals surface area contributed by atoms with Crippen LogP contribution in [0, 0.1) is 0 Å². The number of hydrogen-bond acceptors (Lipinski definition) is 3. The molecule has 0 aromatic carbocycles. The van der Waals surface area contributed by atoms with Gasteiger partial charge in [0.15, 0.2) is 0 Å². The third-order valence-electron chi connectivity index (χ3n) is 1.86. The third-order valence-corrected chi connectivity index (χ3v) is 1.86. The Bertz CT molecular complexity index is 199. The highest BCUT2D eigenvalue weighted by atomic mass is 16.5. The highest BCUT2D eigenvalue weighted by Crippen LogP contribution is 1.92. The van der Waals surface area contributed by atoms with Gasteiger partial charge in [0.05, 0.1) is 19.8 Å². The molecule has 0 spiro atoms. The van der Waals surface area contributed by atoms with Gasteiger partial charge < -0.3 is 14.6 Å². The predicted molar refractivity (Wildman–Crippen MR) is 57.9 cm³/mol. The Morgan fingerprint density at radius 1 is 1.27 bits per heavy atom. The molecule has 0 fully saturated rings. The maximum absolute atomic E-state index is 10.4. The van der Waals surface area contributed by atoms with E-state index in [9.17, 15) is 4.79 Å². The van der Waals surface area contributed by atoms with Gasteiger partial charge in [-0.05, 0) is 19.4 Å². The predicted octanol–water partition coefficient (Wildman–Crippen LogP) is 1.85. The van der Waals surface area contributed by atoms with E-state index in [1.807, 2.05) is 0 Å². The van der Waals surface area contributed by atoms with Crippen LogP contribution in [0.3, 0.4) is 0 Å². The van der Waals surface area contributed by atoms with E-state index in [2.05, 4.69) is 6.92 Å². The fraction of sp³-hybridized carbons (Fsp3) is 0.727. The molecule has 0 bridgehead atoms. The van der Waals surface area contributed by atoms with Crippen molar-refractivity contribution in [3.8, 4) is 0 Å². The van der Waals surface area contributed by atoms with Gasteiger partial charge >= 0.3 is 5.97 Å². The number of hydrogen-bond donors (Lipinski definition) is 1. The zero-order valence-electron chi connectivity index (χ0n) is 9.49. The molecule has 0 saturated heterocycles. The lowest BCUT2D eigenvalue weighted by atomic mass is 10.3. The average molecular weight is 216 g/mol. The van der Waals surface area contributed by atoms with Crippen molar-refractivity contribution in [1.29, 1.82) is 0 Å². The first-order chi connectivity index (χ1) is 7.18. The molecule has 0 aliphatic carbocycles. The summed E-state index contributed by atoms with van der Waals surface area (Å²) < 4.78 is 10.4. The van der Waals surface area contributed by atoms with Crippen LogP contribution in [0.1, 0.15) is 26.7 Å². The standard InChI is InChI=1S/C11H20O4/c1-3-4-6-14-8-9-15-7-5-10(2)11(12)13/h5H,3-4,6-9H2,1-2H3,(H,12,13). The lowest BCUT2D eigenvalue weighted by Crippen LogP contribution is -2.06. The molecule has 15 heavy (non-hydrogen) atoms. The van der Waals surface area contributed by atoms with Gasteiger partial charge in [-0.25, -0.2) is 4.79 Å². The number of unbranched alkanes of at least 4 members (excludes halogenated alkanes) is 1. The molecule has 1 N–H and O–H groups in total. The van der Waals surface area contributed by atoms with Gasteiger partial charge in [0.1, 0.15) is 0 Å². The lowest BCUT2D eigenvalue weighted by Gasteiger charge is -2.03. The monoisotopic (exact) mass is 216 g/mol. The number of ether oxygens (including phenoxy) is 2. The van der Waals surface area contributed by atoms with Gasteiger partial charge in [-0.1, -0.05) is 13.3 Å². The Kier molecular flexibility index (Phi) is 9.11. The molecule has 0 rings (SSSR count). The zero-order chi connectivity index (χ0) is 11.5. The quantitative estimate of drug-likeness (QED) is 0.472. The topological polar surface area (TPSA) is 55.8 Å². The van der Waals surface area contributed by atoms with Crippen molar-refractivity contribution in [1.82, 2.24) is 0 Å². The summed E-state index contributed by atoms with van der Waals surface area (Å²) in [5.74, 6) is -0.905. The van der Waals surface area contributed by atoms with E-state index in [0.717, 1.165) is 19.4 Å². The second kappa shape index (κ2) is 9.68. The van der Waals surface area contributed by atoms with Crippen molar-refractivity contribution in [3.05, 3.63) is 11.6 Å². The van der Waals surface area contributed by atoms with E-state index in [1.54, 1.807) is 13.0 Å². The van der Waals surface area contributed by atoms with Crippen LogP contribution in [0.15, 0.2) is 11.6 Å². The van der Waals surface area contributed by atoms with Crippen molar-refractivity contribution in [2.24, 2.45) is 0 Å². The van der Waals surface area contributed by atoms with Crippen LogP contribution in [0.4, 0.5) is 0 Å². The van der Waals surface area contributed by atoms with Crippen LogP contribution in [-0.2, 0) is 14.3 Å². The molecule has 0 aromatic rings. The van der Waals surface area contributed by atoms with E-state index < -0.39 is 5.97 Å². The van der Waals surface area contributed by atoms with E-state index >= 15 is 0 Å². The Morgan fingerprint density at radius 3 is 2.53 bits per heavy atom. The van der Waals surface area contributed by atoms with Crippen molar-refractivity contribution < 1.29 is 19.4 Å². The maximum atomic E-state index is 10.4. The van der Waals surface area contributed by atoms with Gasteiger partial charge in [-0.15, -0.1) is 0 Å². The van der Waals surface area contributed by atoms with E-state index in [0.29, 0.717) is 25.4 Å². The zero-order valence-corrected chi connectivity index (χ0v) is 9.49. The second-order valence-corrected chi connectivity index (χ2v) is 3.23. The van der Waals surface area contributed by atoms with Gasteiger partial charge in [0, 0.05) is 12.2 Å². The average Bonchev–Trinajstić information content (AvgIpc) is 2.21. The summed E-state index contributed by atoms with van der Waals surface area (Å²) in [5, 5.41) is 8.53. The lowest BCUT2D eigenvalue weighted by molar-refractivity contribution is -0.132. The van der Waals surface area contributed by atoms with Gasteiger partial charge in [-0.2, -0.15) is 0 Å². The highest BCUT2D eigenvalue weighted by molar-refractivity contribution is 5.85. The van der Waals surface area contributed by atoms with Crippen molar-refractivity contribution >= 4 is 5.97 Å². The second-order valence-electron chi connectivity index (χ2n) is 3.23. The molecule has 0 aliphatic rings. The van der Waals surface area contributed by atoms with Gasteiger partial charge in [-0.3, -0.25) is 0 Å². The minimum absolute atomic E-state index is 0.307. The smallest absolute Gasteiger partial charge is 0.331 e. The Balaban J connectivity index is 3.25. The number of carbonyl (C=O) groups is 1. The molecule has 0 radical (unpaired) electrons. The van der Waals surface area contributed by atoms with Gasteiger partial charge in [0.2, 0.25) is 0 Å². The molecule has 0 amide bonds. The number of rotatable bonds is 9. The van der Waals surface area contributed by atoms with Crippen LogP contribution in [0.2, 0.25) is 0 Å². The van der Waals surface area contributed by atoms with E-state index in [4.69, 9.17) is 14.6 Å². The summed E-state index contributed by atoms with van der Waals surface area (Å²) in [6, 6.07) is 0. The molecule has 0 aliphatic heterocycles.